The normalized spacial score (nSPS) is 10.1. The van der Waals surface area contributed by atoms with Crippen LogP contribution in [0.25, 0.3) is 0 Å². The summed E-state index contributed by atoms with van der Waals surface area (Å²) in [6.07, 6.45) is 0. The minimum Gasteiger partial charge on any atom is -0.394 e. The number of amides is 1. The Hall–Kier alpha value is -1.39. The monoisotopic (exact) mass is 223 g/mol. The highest BCUT2D eigenvalue weighted by atomic mass is 16.5. The topological polar surface area (TPSA) is 49.8 Å². The molecule has 88 valence electrons. The SMILES string of the molecule is CN(Cc1ccccc1)C(=O)COCCO. The first-order valence-corrected chi connectivity index (χ1v) is 5.20. The average molecular weight is 223 g/mol. The number of ether oxygens (including phenoxy) is 1. The number of hydrogen-bond donors (Lipinski definition) is 1. The summed E-state index contributed by atoms with van der Waals surface area (Å²) in [6, 6.07) is 9.76. The summed E-state index contributed by atoms with van der Waals surface area (Å²) in [4.78, 5) is 13.1. The average Bonchev–Trinajstić information content (AvgIpc) is 2.30. The number of carbonyl (C=O) groups excluding carboxylic acids is 1. The highest BCUT2D eigenvalue weighted by molar-refractivity contribution is 5.77. The zero-order chi connectivity index (χ0) is 11.8. The largest absolute Gasteiger partial charge is 0.394 e. The van der Waals surface area contributed by atoms with Crippen LogP contribution in [0.2, 0.25) is 0 Å². The summed E-state index contributed by atoms with van der Waals surface area (Å²) in [7, 11) is 1.73. The molecule has 1 aromatic carbocycles. The standard InChI is InChI=1S/C12H17NO3/c1-13(12(15)10-16-8-7-14)9-11-5-3-2-4-6-11/h2-6,14H,7-10H2,1H3. The van der Waals surface area contributed by atoms with Gasteiger partial charge in [0.2, 0.25) is 5.91 Å². The van der Waals surface area contributed by atoms with E-state index in [1.807, 2.05) is 30.3 Å². The quantitative estimate of drug-likeness (QED) is 0.720. The predicted octanol–water partition coefficient (Wildman–Crippen LogP) is 0.654. The van der Waals surface area contributed by atoms with E-state index in [0.717, 1.165) is 5.56 Å². The molecule has 0 unspecified atom stereocenters. The number of carbonyl (C=O) groups is 1. The third-order valence-electron chi connectivity index (χ3n) is 2.15. The van der Waals surface area contributed by atoms with Crippen LogP contribution in [0.1, 0.15) is 5.56 Å². The Bertz CT molecular complexity index is 313. The number of rotatable bonds is 6. The van der Waals surface area contributed by atoms with Crippen LogP contribution in [-0.4, -0.2) is 42.8 Å². The zero-order valence-electron chi connectivity index (χ0n) is 9.43. The van der Waals surface area contributed by atoms with E-state index in [4.69, 9.17) is 9.84 Å². The molecule has 0 aliphatic rings. The lowest BCUT2D eigenvalue weighted by atomic mass is 10.2. The molecule has 0 aliphatic heterocycles. The smallest absolute Gasteiger partial charge is 0.248 e. The Labute approximate surface area is 95.5 Å². The highest BCUT2D eigenvalue weighted by Gasteiger charge is 2.08. The predicted molar refractivity (Wildman–Crippen MR) is 60.8 cm³/mol. The molecule has 0 saturated heterocycles. The summed E-state index contributed by atoms with van der Waals surface area (Å²) in [5.74, 6) is -0.0858. The molecule has 1 amide bonds. The summed E-state index contributed by atoms with van der Waals surface area (Å²) in [5, 5.41) is 8.50. The van der Waals surface area contributed by atoms with Gasteiger partial charge in [-0.05, 0) is 5.56 Å². The van der Waals surface area contributed by atoms with E-state index in [9.17, 15) is 4.79 Å². The van der Waals surface area contributed by atoms with Gasteiger partial charge in [0.25, 0.3) is 0 Å². The van der Waals surface area contributed by atoms with Crippen LogP contribution in [0.15, 0.2) is 30.3 Å². The van der Waals surface area contributed by atoms with Crippen molar-refractivity contribution >= 4 is 5.91 Å². The lowest BCUT2D eigenvalue weighted by molar-refractivity contribution is -0.135. The first kappa shape index (κ1) is 12.7. The van der Waals surface area contributed by atoms with Crippen molar-refractivity contribution in [1.82, 2.24) is 4.90 Å². The molecule has 1 aromatic rings. The van der Waals surface area contributed by atoms with Crippen LogP contribution in [0.5, 0.6) is 0 Å². The van der Waals surface area contributed by atoms with Gasteiger partial charge in [0, 0.05) is 13.6 Å². The maximum absolute atomic E-state index is 11.5. The highest BCUT2D eigenvalue weighted by Crippen LogP contribution is 2.02. The molecule has 0 atom stereocenters. The number of hydrogen-bond acceptors (Lipinski definition) is 3. The minimum atomic E-state index is -0.0858. The molecule has 0 radical (unpaired) electrons. The molecule has 0 aliphatic carbocycles. The molecule has 1 N–H and O–H groups in total. The number of likely N-dealkylation sites (N-methyl/N-ethyl adjacent to an activating group) is 1. The van der Waals surface area contributed by atoms with Gasteiger partial charge in [-0.1, -0.05) is 30.3 Å². The van der Waals surface area contributed by atoms with E-state index in [0.29, 0.717) is 6.54 Å². The van der Waals surface area contributed by atoms with Crippen LogP contribution in [0.4, 0.5) is 0 Å². The number of aliphatic hydroxyl groups excluding tert-OH is 1. The van der Waals surface area contributed by atoms with Gasteiger partial charge >= 0.3 is 0 Å². The molecule has 0 fully saturated rings. The second-order valence-electron chi connectivity index (χ2n) is 3.51. The fraction of sp³-hybridized carbons (Fsp3) is 0.417. The lowest BCUT2D eigenvalue weighted by Crippen LogP contribution is -2.30. The molecule has 1 rings (SSSR count). The molecule has 0 aromatic heterocycles. The Morgan fingerprint density at radius 1 is 1.38 bits per heavy atom. The Kier molecular flexibility index (Phi) is 5.53. The van der Waals surface area contributed by atoms with E-state index < -0.39 is 0 Å². The van der Waals surface area contributed by atoms with Gasteiger partial charge in [-0.3, -0.25) is 4.79 Å². The third kappa shape index (κ3) is 4.42. The molecular formula is C12H17NO3. The van der Waals surface area contributed by atoms with E-state index in [1.54, 1.807) is 11.9 Å². The fourth-order valence-electron chi connectivity index (χ4n) is 1.28. The molecule has 0 saturated carbocycles. The van der Waals surface area contributed by atoms with Gasteiger partial charge in [0.15, 0.2) is 0 Å². The lowest BCUT2D eigenvalue weighted by Gasteiger charge is -2.17. The summed E-state index contributed by atoms with van der Waals surface area (Å²) in [6.45, 7) is 0.729. The molecule has 0 heterocycles. The molecule has 0 spiro atoms. The molecule has 4 heteroatoms. The number of aliphatic hydroxyl groups is 1. The van der Waals surface area contributed by atoms with E-state index in [2.05, 4.69) is 0 Å². The van der Waals surface area contributed by atoms with Crippen molar-refractivity contribution < 1.29 is 14.6 Å². The molecule has 0 bridgehead atoms. The van der Waals surface area contributed by atoms with Crippen LogP contribution in [-0.2, 0) is 16.1 Å². The van der Waals surface area contributed by atoms with E-state index in [1.165, 1.54) is 0 Å². The van der Waals surface area contributed by atoms with Gasteiger partial charge in [-0.2, -0.15) is 0 Å². The van der Waals surface area contributed by atoms with Crippen LogP contribution in [0.3, 0.4) is 0 Å². The first-order valence-electron chi connectivity index (χ1n) is 5.20. The maximum Gasteiger partial charge on any atom is 0.248 e. The summed E-state index contributed by atoms with van der Waals surface area (Å²) < 4.78 is 4.96. The zero-order valence-corrected chi connectivity index (χ0v) is 9.43. The first-order chi connectivity index (χ1) is 7.74. The van der Waals surface area contributed by atoms with Crippen molar-refractivity contribution in [1.29, 1.82) is 0 Å². The third-order valence-corrected chi connectivity index (χ3v) is 2.15. The van der Waals surface area contributed by atoms with Crippen molar-refractivity contribution in [3.05, 3.63) is 35.9 Å². The van der Waals surface area contributed by atoms with Gasteiger partial charge in [0.05, 0.1) is 13.2 Å². The van der Waals surface area contributed by atoms with E-state index in [-0.39, 0.29) is 25.7 Å². The molecule has 4 nitrogen and oxygen atoms in total. The van der Waals surface area contributed by atoms with Crippen molar-refractivity contribution in [2.24, 2.45) is 0 Å². The Morgan fingerprint density at radius 2 is 2.06 bits per heavy atom. The Morgan fingerprint density at radius 3 is 2.69 bits per heavy atom. The fourth-order valence-corrected chi connectivity index (χ4v) is 1.28. The summed E-state index contributed by atoms with van der Waals surface area (Å²) >= 11 is 0. The van der Waals surface area contributed by atoms with Crippen LogP contribution in [0, 0.1) is 0 Å². The summed E-state index contributed by atoms with van der Waals surface area (Å²) in [5.41, 5.74) is 1.08. The van der Waals surface area contributed by atoms with Crippen molar-refractivity contribution in [3.63, 3.8) is 0 Å². The van der Waals surface area contributed by atoms with Gasteiger partial charge in [0.1, 0.15) is 6.61 Å². The van der Waals surface area contributed by atoms with Crippen molar-refractivity contribution in [3.8, 4) is 0 Å². The van der Waals surface area contributed by atoms with Crippen molar-refractivity contribution in [2.75, 3.05) is 26.9 Å². The van der Waals surface area contributed by atoms with Crippen LogP contribution < -0.4 is 0 Å². The second kappa shape index (κ2) is 6.98. The van der Waals surface area contributed by atoms with E-state index >= 15 is 0 Å². The maximum atomic E-state index is 11.5. The van der Waals surface area contributed by atoms with Crippen molar-refractivity contribution in [2.45, 2.75) is 6.54 Å². The van der Waals surface area contributed by atoms with Gasteiger partial charge < -0.3 is 14.7 Å². The van der Waals surface area contributed by atoms with Gasteiger partial charge in [-0.15, -0.1) is 0 Å². The van der Waals surface area contributed by atoms with Crippen LogP contribution >= 0.6 is 0 Å². The Balaban J connectivity index is 2.34. The molecule has 16 heavy (non-hydrogen) atoms. The molecular weight excluding hydrogens is 206 g/mol. The number of benzene rings is 1. The minimum absolute atomic E-state index is 0.0178. The van der Waals surface area contributed by atoms with Gasteiger partial charge in [-0.25, -0.2) is 0 Å². The number of nitrogens with zero attached hydrogens (tertiary/aromatic N) is 1. The second-order valence-corrected chi connectivity index (χ2v) is 3.51.